The first-order chi connectivity index (χ1) is 12.1. The predicted octanol–water partition coefficient (Wildman–Crippen LogP) is -0.423. The fourth-order valence-corrected chi connectivity index (χ4v) is 3.43. The monoisotopic (exact) mass is 366 g/mol. The first-order valence-electron chi connectivity index (χ1n) is 8.15. The van der Waals surface area contributed by atoms with Gasteiger partial charge in [-0.3, -0.25) is 9.36 Å². The van der Waals surface area contributed by atoms with Gasteiger partial charge in [0, 0.05) is 5.56 Å². The molecule has 0 aliphatic carbocycles. The van der Waals surface area contributed by atoms with Crippen LogP contribution in [-0.2, 0) is 16.1 Å². The summed E-state index contributed by atoms with van der Waals surface area (Å²) in [5.41, 5.74) is 6.03. The standard InChI is InChI=1S/C16H20FN5O2S/c17-13-3-1-12(2-4-13)15-19-20-16(25-11-14(18)23)22(15)6-5-21-7-9-24-10-8-21/h1-4H,5-11H2,(H2,18,23)/p+1. The van der Waals surface area contributed by atoms with E-state index in [0.717, 1.165) is 38.4 Å². The number of morpholine rings is 1. The number of primary amides is 1. The maximum atomic E-state index is 13.2. The molecule has 3 N–H and O–H groups in total. The molecule has 0 atom stereocenters. The van der Waals surface area contributed by atoms with E-state index in [9.17, 15) is 9.18 Å². The number of thioether (sulfide) groups is 1. The molecule has 1 aromatic carbocycles. The second-order valence-electron chi connectivity index (χ2n) is 5.83. The van der Waals surface area contributed by atoms with E-state index in [1.54, 1.807) is 12.1 Å². The third-order valence-electron chi connectivity index (χ3n) is 4.05. The van der Waals surface area contributed by atoms with Crippen LogP contribution in [0.3, 0.4) is 0 Å². The van der Waals surface area contributed by atoms with Crippen LogP contribution in [0.15, 0.2) is 29.4 Å². The summed E-state index contributed by atoms with van der Waals surface area (Å²) in [6, 6.07) is 6.16. The number of benzene rings is 1. The number of quaternary nitrogens is 1. The average Bonchev–Trinajstić information content (AvgIpc) is 3.02. The van der Waals surface area contributed by atoms with E-state index in [4.69, 9.17) is 10.5 Å². The van der Waals surface area contributed by atoms with Gasteiger partial charge in [0.1, 0.15) is 18.9 Å². The summed E-state index contributed by atoms with van der Waals surface area (Å²) in [4.78, 5) is 12.5. The smallest absolute Gasteiger partial charge is 0.227 e. The Kier molecular flexibility index (Phi) is 6.00. The lowest BCUT2D eigenvalue weighted by atomic mass is 10.2. The van der Waals surface area contributed by atoms with Crippen LogP contribution in [0.4, 0.5) is 4.39 Å². The van der Waals surface area contributed by atoms with Gasteiger partial charge in [0.15, 0.2) is 11.0 Å². The zero-order valence-corrected chi connectivity index (χ0v) is 14.6. The number of nitrogens with zero attached hydrogens (tertiary/aromatic N) is 3. The van der Waals surface area contributed by atoms with Gasteiger partial charge in [-0.15, -0.1) is 10.2 Å². The van der Waals surface area contributed by atoms with E-state index in [-0.39, 0.29) is 11.6 Å². The van der Waals surface area contributed by atoms with Crippen LogP contribution in [-0.4, -0.2) is 59.3 Å². The van der Waals surface area contributed by atoms with Gasteiger partial charge in [-0.2, -0.15) is 0 Å². The number of nitrogens with one attached hydrogen (secondary N) is 1. The maximum absolute atomic E-state index is 13.2. The molecule has 2 aromatic rings. The molecule has 9 heteroatoms. The minimum Gasteiger partial charge on any atom is -0.370 e. The fourth-order valence-electron chi connectivity index (χ4n) is 2.73. The van der Waals surface area contributed by atoms with Crippen molar-refractivity contribution in [2.45, 2.75) is 11.7 Å². The zero-order valence-electron chi connectivity index (χ0n) is 13.8. The minimum absolute atomic E-state index is 0.145. The molecule has 1 amide bonds. The molecule has 1 fully saturated rings. The summed E-state index contributed by atoms with van der Waals surface area (Å²) in [5.74, 6) is 0.114. The van der Waals surface area contributed by atoms with Gasteiger partial charge < -0.3 is 15.4 Å². The first-order valence-corrected chi connectivity index (χ1v) is 9.13. The highest BCUT2D eigenvalue weighted by molar-refractivity contribution is 7.99. The number of halogens is 1. The van der Waals surface area contributed by atoms with Gasteiger partial charge in [-0.25, -0.2) is 4.39 Å². The Morgan fingerprint density at radius 1 is 1.28 bits per heavy atom. The second-order valence-corrected chi connectivity index (χ2v) is 6.77. The molecule has 3 rings (SSSR count). The molecular weight excluding hydrogens is 345 g/mol. The Labute approximate surface area is 149 Å². The van der Waals surface area contributed by atoms with Crippen molar-refractivity contribution in [1.82, 2.24) is 14.8 Å². The van der Waals surface area contributed by atoms with Gasteiger partial charge in [-0.1, -0.05) is 11.8 Å². The van der Waals surface area contributed by atoms with E-state index in [0.29, 0.717) is 17.5 Å². The van der Waals surface area contributed by atoms with Crippen molar-refractivity contribution in [3.05, 3.63) is 30.1 Å². The number of hydrogen-bond acceptors (Lipinski definition) is 5. The lowest BCUT2D eigenvalue weighted by Crippen LogP contribution is -3.14. The van der Waals surface area contributed by atoms with Gasteiger partial charge in [-0.05, 0) is 24.3 Å². The largest absolute Gasteiger partial charge is 0.370 e. The summed E-state index contributed by atoms with van der Waals surface area (Å²) in [6.07, 6.45) is 0. The molecule has 0 saturated carbocycles. The molecule has 1 aliphatic rings. The number of nitrogens with two attached hydrogens (primary N) is 1. The Morgan fingerprint density at radius 3 is 2.68 bits per heavy atom. The van der Waals surface area contributed by atoms with E-state index in [1.807, 2.05) is 4.57 Å². The summed E-state index contributed by atoms with van der Waals surface area (Å²) in [5, 5.41) is 9.08. The third-order valence-corrected chi connectivity index (χ3v) is 5.04. The zero-order chi connectivity index (χ0) is 17.6. The van der Waals surface area contributed by atoms with E-state index in [2.05, 4.69) is 10.2 Å². The Balaban J connectivity index is 1.80. The van der Waals surface area contributed by atoms with Gasteiger partial charge in [0.2, 0.25) is 5.91 Å². The van der Waals surface area contributed by atoms with Crippen molar-refractivity contribution < 1.29 is 18.8 Å². The molecule has 134 valence electrons. The predicted molar refractivity (Wildman–Crippen MR) is 91.7 cm³/mol. The average molecular weight is 366 g/mol. The van der Waals surface area contributed by atoms with E-state index in [1.165, 1.54) is 28.8 Å². The molecule has 1 saturated heterocycles. The molecule has 2 heterocycles. The number of carbonyl (C=O) groups excluding carboxylic acids is 1. The van der Waals surface area contributed by atoms with Crippen molar-refractivity contribution in [1.29, 1.82) is 0 Å². The minimum atomic E-state index is -0.401. The highest BCUT2D eigenvalue weighted by Gasteiger charge is 2.19. The van der Waals surface area contributed by atoms with Crippen LogP contribution in [0.5, 0.6) is 0 Å². The molecule has 7 nitrogen and oxygen atoms in total. The van der Waals surface area contributed by atoms with E-state index >= 15 is 0 Å². The molecule has 0 radical (unpaired) electrons. The maximum Gasteiger partial charge on any atom is 0.227 e. The Morgan fingerprint density at radius 2 is 2.00 bits per heavy atom. The molecule has 0 spiro atoms. The van der Waals surface area contributed by atoms with Crippen molar-refractivity contribution >= 4 is 17.7 Å². The molecule has 0 unspecified atom stereocenters. The lowest BCUT2D eigenvalue weighted by molar-refractivity contribution is -0.908. The fraction of sp³-hybridized carbons (Fsp3) is 0.438. The third kappa shape index (κ3) is 4.77. The summed E-state index contributed by atoms with van der Waals surface area (Å²) < 4.78 is 20.6. The summed E-state index contributed by atoms with van der Waals surface area (Å²) in [7, 11) is 0. The second kappa shape index (κ2) is 8.41. The number of ether oxygens (including phenoxy) is 1. The number of carbonyl (C=O) groups is 1. The molecule has 1 aromatic heterocycles. The van der Waals surface area contributed by atoms with Crippen molar-refractivity contribution in [2.75, 3.05) is 38.6 Å². The summed E-state index contributed by atoms with van der Waals surface area (Å²) >= 11 is 1.27. The van der Waals surface area contributed by atoms with Gasteiger partial charge in [0.25, 0.3) is 0 Å². The van der Waals surface area contributed by atoms with Crippen LogP contribution in [0, 0.1) is 5.82 Å². The van der Waals surface area contributed by atoms with Crippen molar-refractivity contribution in [3.63, 3.8) is 0 Å². The number of rotatable bonds is 7. The topological polar surface area (TPSA) is 87.5 Å². The first kappa shape index (κ1) is 17.8. The SMILES string of the molecule is NC(=O)CSc1nnc(-c2ccc(F)cc2)n1CC[NH+]1CCOCC1. The highest BCUT2D eigenvalue weighted by Crippen LogP contribution is 2.23. The van der Waals surface area contributed by atoms with Crippen LogP contribution in [0.1, 0.15) is 0 Å². The quantitative estimate of drug-likeness (QED) is 0.650. The lowest BCUT2D eigenvalue weighted by Gasteiger charge is -2.24. The number of aromatic nitrogens is 3. The molecular formula is C16H21FN5O2S+. The van der Waals surface area contributed by atoms with Crippen LogP contribution in [0.2, 0.25) is 0 Å². The number of amides is 1. The highest BCUT2D eigenvalue weighted by atomic mass is 32.2. The van der Waals surface area contributed by atoms with Gasteiger partial charge in [0.05, 0.1) is 32.1 Å². The van der Waals surface area contributed by atoms with Crippen LogP contribution < -0.4 is 10.6 Å². The molecule has 0 bridgehead atoms. The van der Waals surface area contributed by atoms with Crippen molar-refractivity contribution in [2.24, 2.45) is 5.73 Å². The van der Waals surface area contributed by atoms with Crippen molar-refractivity contribution in [3.8, 4) is 11.4 Å². The van der Waals surface area contributed by atoms with E-state index < -0.39 is 5.91 Å². The van der Waals surface area contributed by atoms with Gasteiger partial charge >= 0.3 is 0 Å². The number of hydrogen-bond donors (Lipinski definition) is 2. The molecule has 1 aliphatic heterocycles. The Hall–Kier alpha value is -1.97. The normalized spacial score (nSPS) is 15.4. The summed E-state index contributed by atoms with van der Waals surface area (Å²) in [6.45, 7) is 5.09. The van der Waals surface area contributed by atoms with Crippen LogP contribution >= 0.6 is 11.8 Å². The Bertz CT molecular complexity index is 716. The molecule has 25 heavy (non-hydrogen) atoms. The van der Waals surface area contributed by atoms with Crippen LogP contribution in [0.25, 0.3) is 11.4 Å².